The second-order valence-electron chi connectivity index (χ2n) is 5.37. The summed E-state index contributed by atoms with van der Waals surface area (Å²) in [5, 5.41) is 15.3. The number of halogens is 1. The molecule has 0 atom stereocenters. The Hall–Kier alpha value is -1.46. The van der Waals surface area contributed by atoms with E-state index in [9.17, 15) is 14.3 Å². The van der Waals surface area contributed by atoms with Gasteiger partial charge in [0.25, 0.3) is 0 Å². The van der Waals surface area contributed by atoms with Crippen LogP contribution in [0.3, 0.4) is 0 Å². The fourth-order valence-corrected chi connectivity index (χ4v) is 2.61. The number of amides is 1. The summed E-state index contributed by atoms with van der Waals surface area (Å²) in [7, 11) is 0. The smallest absolute Gasteiger partial charge is 0.234 e. The zero-order valence-corrected chi connectivity index (χ0v) is 11.5. The summed E-state index contributed by atoms with van der Waals surface area (Å²) in [5.74, 6) is -0.503. The molecule has 0 spiro atoms. The Morgan fingerprint density at radius 1 is 1.30 bits per heavy atom. The van der Waals surface area contributed by atoms with Crippen molar-refractivity contribution in [2.45, 2.75) is 37.8 Å². The highest BCUT2D eigenvalue weighted by Crippen LogP contribution is 2.28. The minimum Gasteiger partial charge on any atom is -0.394 e. The Balaban J connectivity index is 1.77. The summed E-state index contributed by atoms with van der Waals surface area (Å²) in [6.45, 7) is 0.377. The van der Waals surface area contributed by atoms with Crippen molar-refractivity contribution in [1.29, 1.82) is 0 Å². The zero-order chi connectivity index (χ0) is 14.4. The lowest BCUT2D eigenvalue weighted by Crippen LogP contribution is -2.50. The molecule has 0 saturated heterocycles. The van der Waals surface area contributed by atoms with Crippen molar-refractivity contribution < 1.29 is 14.3 Å². The van der Waals surface area contributed by atoms with Crippen LogP contribution in [-0.2, 0) is 11.3 Å². The first kappa shape index (κ1) is 14.9. The molecule has 1 saturated carbocycles. The van der Waals surface area contributed by atoms with E-state index in [1.807, 2.05) is 0 Å². The second kappa shape index (κ2) is 6.81. The molecule has 2 rings (SSSR count). The van der Waals surface area contributed by atoms with Crippen LogP contribution in [-0.4, -0.2) is 29.7 Å². The van der Waals surface area contributed by atoms with Gasteiger partial charge in [-0.2, -0.15) is 0 Å². The maximum absolute atomic E-state index is 13.4. The average Bonchev–Trinajstić information content (AvgIpc) is 2.94. The van der Waals surface area contributed by atoms with Gasteiger partial charge >= 0.3 is 0 Å². The number of carbonyl (C=O) groups is 1. The highest BCUT2D eigenvalue weighted by atomic mass is 19.1. The highest BCUT2D eigenvalue weighted by Gasteiger charge is 2.32. The molecule has 1 aromatic rings. The molecule has 1 amide bonds. The van der Waals surface area contributed by atoms with Crippen molar-refractivity contribution in [3.8, 4) is 0 Å². The van der Waals surface area contributed by atoms with Gasteiger partial charge in [0, 0.05) is 17.6 Å². The summed E-state index contributed by atoms with van der Waals surface area (Å²) >= 11 is 0. The third-order valence-corrected chi connectivity index (χ3v) is 3.92. The molecule has 1 fully saturated rings. The Bertz CT molecular complexity index is 459. The van der Waals surface area contributed by atoms with E-state index in [1.165, 1.54) is 6.07 Å². The van der Waals surface area contributed by atoms with E-state index in [1.54, 1.807) is 18.2 Å². The number of rotatable bonds is 6. The molecular weight excluding hydrogens is 259 g/mol. The summed E-state index contributed by atoms with van der Waals surface area (Å²) in [6.07, 6.45) is 3.93. The quantitative estimate of drug-likeness (QED) is 0.737. The lowest BCUT2D eigenvalue weighted by Gasteiger charge is -2.27. The normalized spacial score (nSPS) is 17.1. The molecule has 1 aromatic carbocycles. The van der Waals surface area contributed by atoms with Crippen LogP contribution >= 0.6 is 0 Å². The van der Waals surface area contributed by atoms with Crippen molar-refractivity contribution in [3.63, 3.8) is 0 Å². The van der Waals surface area contributed by atoms with Gasteiger partial charge in [-0.3, -0.25) is 4.79 Å². The van der Waals surface area contributed by atoms with Gasteiger partial charge in [0.2, 0.25) is 5.91 Å². The van der Waals surface area contributed by atoms with Gasteiger partial charge in [-0.25, -0.2) is 4.39 Å². The first-order chi connectivity index (χ1) is 9.65. The van der Waals surface area contributed by atoms with Crippen LogP contribution in [0.1, 0.15) is 31.2 Å². The first-order valence-electron chi connectivity index (χ1n) is 7.01. The van der Waals surface area contributed by atoms with Gasteiger partial charge in [-0.1, -0.05) is 31.0 Å². The maximum Gasteiger partial charge on any atom is 0.234 e. The van der Waals surface area contributed by atoms with Crippen LogP contribution in [0.15, 0.2) is 24.3 Å². The fraction of sp³-hybridized carbons (Fsp3) is 0.533. The number of hydrogen-bond acceptors (Lipinski definition) is 3. The molecule has 0 aliphatic heterocycles. The van der Waals surface area contributed by atoms with E-state index < -0.39 is 0 Å². The predicted molar refractivity (Wildman–Crippen MR) is 74.5 cm³/mol. The van der Waals surface area contributed by atoms with Crippen LogP contribution in [0.2, 0.25) is 0 Å². The van der Waals surface area contributed by atoms with E-state index in [0.717, 1.165) is 25.7 Å². The topological polar surface area (TPSA) is 61.4 Å². The van der Waals surface area contributed by atoms with Gasteiger partial charge in [-0.05, 0) is 18.9 Å². The molecule has 110 valence electrons. The Morgan fingerprint density at radius 3 is 2.65 bits per heavy atom. The maximum atomic E-state index is 13.4. The molecular formula is C15H21FN2O2. The molecule has 20 heavy (non-hydrogen) atoms. The molecule has 3 N–H and O–H groups in total. The van der Waals surface area contributed by atoms with Gasteiger partial charge in [0.1, 0.15) is 5.82 Å². The van der Waals surface area contributed by atoms with Crippen LogP contribution in [0.4, 0.5) is 4.39 Å². The van der Waals surface area contributed by atoms with E-state index in [0.29, 0.717) is 5.56 Å². The molecule has 0 bridgehead atoms. The van der Waals surface area contributed by atoms with Crippen LogP contribution in [0, 0.1) is 5.82 Å². The van der Waals surface area contributed by atoms with Crippen LogP contribution < -0.4 is 10.6 Å². The lowest BCUT2D eigenvalue weighted by molar-refractivity contribution is -0.120. The Kier molecular flexibility index (Phi) is 5.09. The standard InChI is InChI=1S/C15H21FN2O2/c16-13-6-2-1-5-12(13)9-17-14(20)10-18-15(11-19)7-3-4-8-15/h1-2,5-6,18-19H,3-4,7-11H2,(H,17,20). The third kappa shape index (κ3) is 3.77. The minimum atomic E-state index is -0.316. The molecule has 0 heterocycles. The van der Waals surface area contributed by atoms with Gasteiger partial charge < -0.3 is 15.7 Å². The number of benzene rings is 1. The van der Waals surface area contributed by atoms with E-state index in [4.69, 9.17) is 0 Å². The van der Waals surface area contributed by atoms with Crippen LogP contribution in [0.5, 0.6) is 0 Å². The minimum absolute atomic E-state index is 0.0492. The fourth-order valence-electron chi connectivity index (χ4n) is 2.61. The van der Waals surface area contributed by atoms with E-state index in [-0.39, 0.29) is 37.0 Å². The summed E-state index contributed by atoms with van der Waals surface area (Å²) in [5.41, 5.74) is 0.161. The number of aliphatic hydroxyl groups is 1. The van der Waals surface area contributed by atoms with Gasteiger partial charge in [0.15, 0.2) is 0 Å². The van der Waals surface area contributed by atoms with Gasteiger partial charge in [-0.15, -0.1) is 0 Å². The van der Waals surface area contributed by atoms with Crippen molar-refractivity contribution >= 4 is 5.91 Å². The molecule has 0 radical (unpaired) electrons. The van der Waals surface area contributed by atoms with Crippen molar-refractivity contribution in [2.75, 3.05) is 13.2 Å². The Morgan fingerprint density at radius 2 is 2.00 bits per heavy atom. The monoisotopic (exact) mass is 280 g/mol. The highest BCUT2D eigenvalue weighted by molar-refractivity contribution is 5.78. The van der Waals surface area contributed by atoms with E-state index in [2.05, 4.69) is 10.6 Å². The predicted octanol–water partition coefficient (Wildman–Crippen LogP) is 1.34. The molecule has 1 aliphatic carbocycles. The summed E-state index contributed by atoms with van der Waals surface area (Å²) in [4.78, 5) is 11.8. The number of nitrogens with one attached hydrogen (secondary N) is 2. The van der Waals surface area contributed by atoms with Crippen molar-refractivity contribution in [3.05, 3.63) is 35.6 Å². The number of aliphatic hydroxyl groups excluding tert-OH is 1. The second-order valence-corrected chi connectivity index (χ2v) is 5.37. The average molecular weight is 280 g/mol. The Labute approximate surface area is 118 Å². The SMILES string of the molecule is O=C(CNC1(CO)CCCC1)NCc1ccccc1F. The summed E-state index contributed by atoms with van der Waals surface area (Å²) < 4.78 is 13.4. The molecule has 0 aromatic heterocycles. The number of hydrogen-bond donors (Lipinski definition) is 3. The van der Waals surface area contributed by atoms with Gasteiger partial charge in [0.05, 0.1) is 13.2 Å². The van der Waals surface area contributed by atoms with Crippen molar-refractivity contribution in [2.24, 2.45) is 0 Å². The molecule has 5 heteroatoms. The first-order valence-corrected chi connectivity index (χ1v) is 7.01. The largest absolute Gasteiger partial charge is 0.394 e. The molecule has 1 aliphatic rings. The molecule has 4 nitrogen and oxygen atoms in total. The van der Waals surface area contributed by atoms with Crippen molar-refractivity contribution in [1.82, 2.24) is 10.6 Å². The van der Waals surface area contributed by atoms with Crippen LogP contribution in [0.25, 0.3) is 0 Å². The third-order valence-electron chi connectivity index (χ3n) is 3.92. The summed E-state index contributed by atoms with van der Waals surface area (Å²) in [6, 6.07) is 6.38. The zero-order valence-electron chi connectivity index (χ0n) is 11.5. The van der Waals surface area contributed by atoms with E-state index >= 15 is 0 Å². The lowest BCUT2D eigenvalue weighted by atomic mass is 9.99. The number of carbonyl (C=O) groups excluding carboxylic acids is 1. The molecule has 0 unspecified atom stereocenters.